The van der Waals surface area contributed by atoms with Crippen molar-refractivity contribution in [3.63, 3.8) is 0 Å². The van der Waals surface area contributed by atoms with Crippen molar-refractivity contribution in [2.45, 2.75) is 5.92 Å². The molecule has 0 saturated heterocycles. The third-order valence-electron chi connectivity index (χ3n) is 12.0. The lowest BCUT2D eigenvalue weighted by molar-refractivity contribution is 1.08. The number of hydrogen-bond acceptors (Lipinski definition) is 0. The summed E-state index contributed by atoms with van der Waals surface area (Å²) in [5.74, 6) is 0.145. The van der Waals surface area contributed by atoms with E-state index in [-0.39, 0.29) is 5.92 Å². The molecule has 0 nitrogen and oxygen atoms in total. The minimum Gasteiger partial charge on any atom is -0.0647 e. The summed E-state index contributed by atoms with van der Waals surface area (Å²) in [6, 6.07) is 63.1. The summed E-state index contributed by atoms with van der Waals surface area (Å²) in [6.07, 6.45) is 7.44. The first kappa shape index (κ1) is 28.9. The van der Waals surface area contributed by atoms with Gasteiger partial charge in [-0.3, -0.25) is 0 Å². The van der Waals surface area contributed by atoms with Gasteiger partial charge < -0.3 is 0 Å². The Bertz CT molecular complexity index is 2990. The lowest BCUT2D eigenvalue weighted by Gasteiger charge is -2.12. The molecule has 0 amide bonds. The molecular weight excluding hydrogens is 637 g/mol. The molecule has 9 aromatic carbocycles. The minimum absolute atomic E-state index is 0.145. The number of allylic oxidation sites excluding steroid dienone is 5. The van der Waals surface area contributed by atoms with Crippen molar-refractivity contribution in [2.75, 3.05) is 0 Å². The maximum absolute atomic E-state index is 2.54. The summed E-state index contributed by atoms with van der Waals surface area (Å²) in [7, 11) is 0. The SMILES string of the molecule is C1=C(C=C2c3ccc4ccccc4c3-c3c2ccc2ccccc32)c2ccccc2/C1=C/C1c2ccc3ccccc3c2-c2c1ccc1ccccc21. The van der Waals surface area contributed by atoms with Gasteiger partial charge in [-0.05, 0) is 128 Å². The second kappa shape index (κ2) is 10.9. The molecule has 244 valence electrons. The molecule has 0 heteroatoms. The molecular formula is C53H32. The van der Waals surface area contributed by atoms with E-state index in [1.54, 1.807) is 0 Å². The normalized spacial score (nSPS) is 14.8. The van der Waals surface area contributed by atoms with Crippen molar-refractivity contribution in [1.82, 2.24) is 0 Å². The van der Waals surface area contributed by atoms with Crippen molar-refractivity contribution in [2.24, 2.45) is 0 Å². The third-order valence-corrected chi connectivity index (χ3v) is 12.0. The van der Waals surface area contributed by atoms with Crippen LogP contribution in [-0.4, -0.2) is 0 Å². The highest BCUT2D eigenvalue weighted by Crippen LogP contribution is 2.54. The summed E-state index contributed by atoms with van der Waals surface area (Å²) in [6.45, 7) is 0. The predicted molar refractivity (Wildman–Crippen MR) is 225 cm³/mol. The topological polar surface area (TPSA) is 0 Å². The van der Waals surface area contributed by atoms with Gasteiger partial charge in [0.2, 0.25) is 0 Å². The van der Waals surface area contributed by atoms with Crippen LogP contribution in [-0.2, 0) is 0 Å². The highest BCUT2D eigenvalue weighted by molar-refractivity contribution is 6.20. The Balaban J connectivity index is 1.09. The van der Waals surface area contributed by atoms with Gasteiger partial charge in [0.05, 0.1) is 0 Å². The summed E-state index contributed by atoms with van der Waals surface area (Å²) in [4.78, 5) is 0. The Morgan fingerprint density at radius 3 is 1.26 bits per heavy atom. The molecule has 0 aliphatic heterocycles. The highest BCUT2D eigenvalue weighted by Gasteiger charge is 2.32. The Morgan fingerprint density at radius 1 is 0.340 bits per heavy atom. The molecule has 0 radical (unpaired) electrons. The average Bonchev–Trinajstić information content (AvgIpc) is 3.86. The lowest BCUT2D eigenvalue weighted by Crippen LogP contribution is -1.94. The van der Waals surface area contributed by atoms with Crippen LogP contribution in [0.5, 0.6) is 0 Å². The molecule has 0 atom stereocenters. The first-order chi connectivity index (χ1) is 26.3. The summed E-state index contributed by atoms with van der Waals surface area (Å²) < 4.78 is 0. The molecule has 53 heavy (non-hydrogen) atoms. The van der Waals surface area contributed by atoms with Crippen LogP contribution in [0.1, 0.15) is 39.3 Å². The van der Waals surface area contributed by atoms with Crippen LogP contribution >= 0.6 is 0 Å². The Kier molecular flexibility index (Phi) is 5.93. The zero-order valence-corrected chi connectivity index (χ0v) is 29.0. The van der Waals surface area contributed by atoms with Crippen molar-refractivity contribution < 1.29 is 0 Å². The van der Waals surface area contributed by atoms with Crippen LogP contribution in [0.25, 0.3) is 82.1 Å². The molecule has 0 unspecified atom stereocenters. The maximum Gasteiger partial charge on any atom is 0.0291 e. The molecule has 0 bridgehead atoms. The van der Waals surface area contributed by atoms with E-state index in [9.17, 15) is 0 Å². The average molecular weight is 669 g/mol. The number of hydrogen-bond donors (Lipinski definition) is 0. The van der Waals surface area contributed by atoms with E-state index in [4.69, 9.17) is 0 Å². The van der Waals surface area contributed by atoms with Crippen molar-refractivity contribution in [3.8, 4) is 22.3 Å². The second-order valence-corrected chi connectivity index (χ2v) is 14.7. The molecule has 9 aromatic rings. The van der Waals surface area contributed by atoms with E-state index in [2.05, 4.69) is 188 Å². The van der Waals surface area contributed by atoms with Gasteiger partial charge in [0.25, 0.3) is 0 Å². The quantitative estimate of drug-likeness (QED) is 0.172. The Morgan fingerprint density at radius 2 is 0.755 bits per heavy atom. The minimum atomic E-state index is 0.145. The smallest absolute Gasteiger partial charge is 0.0291 e. The van der Waals surface area contributed by atoms with Crippen molar-refractivity contribution in [3.05, 3.63) is 221 Å². The van der Waals surface area contributed by atoms with E-state index < -0.39 is 0 Å². The van der Waals surface area contributed by atoms with Gasteiger partial charge >= 0.3 is 0 Å². The summed E-state index contributed by atoms with van der Waals surface area (Å²) in [5.41, 5.74) is 17.3. The van der Waals surface area contributed by atoms with Gasteiger partial charge in [-0.15, -0.1) is 0 Å². The molecule has 0 saturated carbocycles. The first-order valence-corrected chi connectivity index (χ1v) is 18.6. The number of rotatable bonds is 2. The molecule has 0 N–H and O–H groups in total. The second-order valence-electron chi connectivity index (χ2n) is 14.7. The van der Waals surface area contributed by atoms with E-state index in [1.807, 2.05) is 0 Å². The fourth-order valence-corrected chi connectivity index (χ4v) is 9.73. The van der Waals surface area contributed by atoms with E-state index in [0.29, 0.717) is 0 Å². The lowest BCUT2D eigenvalue weighted by atomic mass is 9.91. The van der Waals surface area contributed by atoms with Crippen LogP contribution in [0.4, 0.5) is 0 Å². The molecule has 3 aliphatic carbocycles. The standard InChI is InChI=1S/C53H32/c1-5-17-40-32(11-1)21-25-44-48(45-26-22-33-12-2-6-18-41(33)51(45)50(40)44)30-36-29-37(39-16-10-9-15-38(36)39)31-49-46-27-23-34-13-3-7-19-42(34)52(46)53-43-20-8-4-14-35(43)24-28-47(49)53/h1-31,48H/b36-30+. The molecule has 0 fully saturated rings. The number of benzene rings is 9. The van der Waals surface area contributed by atoms with Gasteiger partial charge in [0.1, 0.15) is 0 Å². The molecule has 12 rings (SSSR count). The largest absolute Gasteiger partial charge is 0.0647 e. The summed E-state index contributed by atoms with van der Waals surface area (Å²) in [5, 5.41) is 10.4. The van der Waals surface area contributed by atoms with E-state index >= 15 is 0 Å². The van der Waals surface area contributed by atoms with Gasteiger partial charge in [-0.25, -0.2) is 0 Å². The molecule has 0 spiro atoms. The van der Waals surface area contributed by atoms with Crippen molar-refractivity contribution in [1.29, 1.82) is 0 Å². The Labute approximate surface area is 308 Å². The first-order valence-electron chi connectivity index (χ1n) is 18.6. The van der Waals surface area contributed by atoms with E-state index in [1.165, 1.54) is 115 Å². The highest BCUT2D eigenvalue weighted by atomic mass is 14.4. The third kappa shape index (κ3) is 4.07. The van der Waals surface area contributed by atoms with Crippen LogP contribution in [0.15, 0.2) is 188 Å². The van der Waals surface area contributed by atoms with Gasteiger partial charge in [0.15, 0.2) is 0 Å². The van der Waals surface area contributed by atoms with Crippen LogP contribution in [0, 0.1) is 0 Å². The predicted octanol–water partition coefficient (Wildman–Crippen LogP) is 14.0. The zero-order valence-electron chi connectivity index (χ0n) is 29.0. The fourth-order valence-electron chi connectivity index (χ4n) is 9.73. The maximum atomic E-state index is 2.54. The van der Waals surface area contributed by atoms with Gasteiger partial charge in [-0.2, -0.15) is 0 Å². The fraction of sp³-hybridized carbons (Fsp3) is 0.0189. The van der Waals surface area contributed by atoms with E-state index in [0.717, 1.165) is 0 Å². The molecule has 3 aliphatic rings. The molecule has 0 aromatic heterocycles. The van der Waals surface area contributed by atoms with Crippen LogP contribution in [0.2, 0.25) is 0 Å². The van der Waals surface area contributed by atoms with Gasteiger partial charge in [-0.1, -0.05) is 176 Å². The van der Waals surface area contributed by atoms with Gasteiger partial charge in [0, 0.05) is 5.92 Å². The molecule has 0 heterocycles. The van der Waals surface area contributed by atoms with Crippen LogP contribution < -0.4 is 0 Å². The summed E-state index contributed by atoms with van der Waals surface area (Å²) >= 11 is 0. The van der Waals surface area contributed by atoms with Crippen molar-refractivity contribution >= 4 is 59.8 Å². The Hall–Kier alpha value is -6.76. The monoisotopic (exact) mass is 668 g/mol. The number of fused-ring (bicyclic) bond motifs is 15. The van der Waals surface area contributed by atoms with Crippen LogP contribution in [0.3, 0.4) is 0 Å². The zero-order chi connectivity index (χ0) is 34.6.